The third kappa shape index (κ3) is 1.97. The first-order valence-corrected chi connectivity index (χ1v) is 6.04. The van der Waals surface area contributed by atoms with Gasteiger partial charge in [0.1, 0.15) is 0 Å². The lowest BCUT2D eigenvalue weighted by molar-refractivity contribution is 0.476. The monoisotopic (exact) mass is 216 g/mol. The van der Waals surface area contributed by atoms with E-state index >= 15 is 0 Å². The Bertz CT molecular complexity index is 497. The van der Waals surface area contributed by atoms with Crippen molar-refractivity contribution in [2.75, 3.05) is 0 Å². The Kier molecular flexibility index (Phi) is 2.99. The Hall–Kier alpha value is -1.31. The second kappa shape index (κ2) is 4.28. The van der Waals surface area contributed by atoms with Gasteiger partial charge in [-0.1, -0.05) is 20.3 Å². The lowest BCUT2D eigenvalue weighted by Crippen LogP contribution is -2.05. The Morgan fingerprint density at radius 1 is 1.25 bits per heavy atom. The number of aromatic nitrogens is 2. The second-order valence-corrected chi connectivity index (χ2v) is 4.84. The summed E-state index contributed by atoms with van der Waals surface area (Å²) in [5, 5.41) is 0. The number of imidazole rings is 1. The maximum Gasteiger partial charge on any atom is 0.0958 e. The van der Waals surface area contributed by atoms with E-state index in [0.717, 1.165) is 12.1 Å². The predicted molar refractivity (Wildman–Crippen MR) is 68.7 cm³/mol. The Balaban J connectivity index is 2.44. The maximum absolute atomic E-state index is 4.47. The molecule has 0 bridgehead atoms. The molecule has 2 aromatic rings. The SMILES string of the molecule is CCC(C)Cn1cnc2cc(C)c(C)cc21. The molecular weight excluding hydrogens is 196 g/mol. The van der Waals surface area contributed by atoms with Crippen molar-refractivity contribution >= 4 is 11.0 Å². The molecule has 1 atom stereocenters. The van der Waals surface area contributed by atoms with E-state index in [-0.39, 0.29) is 0 Å². The molecular formula is C14H20N2. The van der Waals surface area contributed by atoms with Gasteiger partial charge < -0.3 is 4.57 Å². The Morgan fingerprint density at radius 3 is 2.62 bits per heavy atom. The van der Waals surface area contributed by atoms with Crippen LogP contribution in [-0.4, -0.2) is 9.55 Å². The Morgan fingerprint density at radius 2 is 1.94 bits per heavy atom. The molecule has 0 saturated carbocycles. The topological polar surface area (TPSA) is 17.8 Å². The molecule has 0 N–H and O–H groups in total. The zero-order chi connectivity index (χ0) is 11.7. The number of aryl methyl sites for hydroxylation is 2. The number of nitrogens with zero attached hydrogens (tertiary/aromatic N) is 2. The van der Waals surface area contributed by atoms with Crippen molar-refractivity contribution in [1.82, 2.24) is 9.55 Å². The normalized spacial score (nSPS) is 13.2. The van der Waals surface area contributed by atoms with Crippen molar-refractivity contribution in [3.05, 3.63) is 29.6 Å². The highest BCUT2D eigenvalue weighted by Gasteiger charge is 2.07. The summed E-state index contributed by atoms with van der Waals surface area (Å²) in [4.78, 5) is 4.47. The van der Waals surface area contributed by atoms with Gasteiger partial charge in [0.05, 0.1) is 17.4 Å². The third-order valence-corrected chi connectivity index (χ3v) is 3.44. The Labute approximate surface area is 97.3 Å². The molecule has 0 saturated heterocycles. The van der Waals surface area contributed by atoms with Crippen LogP contribution in [0.2, 0.25) is 0 Å². The van der Waals surface area contributed by atoms with Crippen LogP contribution < -0.4 is 0 Å². The van der Waals surface area contributed by atoms with Gasteiger partial charge in [-0.15, -0.1) is 0 Å². The first-order chi connectivity index (χ1) is 7.61. The number of hydrogen-bond acceptors (Lipinski definition) is 1. The quantitative estimate of drug-likeness (QED) is 0.765. The van der Waals surface area contributed by atoms with E-state index in [1.165, 1.54) is 23.1 Å². The van der Waals surface area contributed by atoms with Crippen molar-refractivity contribution in [1.29, 1.82) is 0 Å². The van der Waals surface area contributed by atoms with Gasteiger partial charge in [-0.2, -0.15) is 0 Å². The fourth-order valence-corrected chi connectivity index (χ4v) is 1.92. The van der Waals surface area contributed by atoms with Crippen LogP contribution in [0.25, 0.3) is 11.0 Å². The molecule has 0 aliphatic rings. The molecule has 2 rings (SSSR count). The van der Waals surface area contributed by atoms with Gasteiger partial charge in [0, 0.05) is 6.54 Å². The van der Waals surface area contributed by atoms with Crippen molar-refractivity contribution < 1.29 is 0 Å². The number of fused-ring (bicyclic) bond motifs is 1. The molecule has 86 valence electrons. The summed E-state index contributed by atoms with van der Waals surface area (Å²) in [5.41, 5.74) is 5.05. The van der Waals surface area contributed by atoms with Crippen molar-refractivity contribution in [3.63, 3.8) is 0 Å². The van der Waals surface area contributed by atoms with E-state index in [2.05, 4.69) is 49.4 Å². The van der Waals surface area contributed by atoms with E-state index in [9.17, 15) is 0 Å². The average Bonchev–Trinajstić information content (AvgIpc) is 2.62. The minimum atomic E-state index is 0.707. The minimum Gasteiger partial charge on any atom is -0.330 e. The molecule has 1 aromatic heterocycles. The number of benzene rings is 1. The molecule has 1 heterocycles. The number of hydrogen-bond donors (Lipinski definition) is 0. The van der Waals surface area contributed by atoms with Crippen LogP contribution in [0.5, 0.6) is 0 Å². The molecule has 16 heavy (non-hydrogen) atoms. The molecule has 0 radical (unpaired) electrons. The molecule has 0 fully saturated rings. The fraction of sp³-hybridized carbons (Fsp3) is 0.500. The summed E-state index contributed by atoms with van der Waals surface area (Å²) in [6.45, 7) is 9.89. The number of rotatable bonds is 3. The van der Waals surface area contributed by atoms with Crippen LogP contribution in [0.4, 0.5) is 0 Å². The summed E-state index contributed by atoms with van der Waals surface area (Å²) in [6, 6.07) is 4.43. The fourth-order valence-electron chi connectivity index (χ4n) is 1.92. The maximum atomic E-state index is 4.47. The van der Waals surface area contributed by atoms with E-state index in [4.69, 9.17) is 0 Å². The summed E-state index contributed by atoms with van der Waals surface area (Å²) < 4.78 is 2.27. The molecule has 2 nitrogen and oxygen atoms in total. The summed E-state index contributed by atoms with van der Waals surface area (Å²) in [7, 11) is 0. The molecule has 0 spiro atoms. The van der Waals surface area contributed by atoms with Gasteiger partial charge in [0.2, 0.25) is 0 Å². The highest BCUT2D eigenvalue weighted by atomic mass is 15.0. The predicted octanol–water partition coefficient (Wildman–Crippen LogP) is 3.70. The zero-order valence-electron chi connectivity index (χ0n) is 10.6. The van der Waals surface area contributed by atoms with Crippen molar-refractivity contribution in [2.24, 2.45) is 5.92 Å². The second-order valence-electron chi connectivity index (χ2n) is 4.84. The van der Waals surface area contributed by atoms with Gasteiger partial charge in [-0.05, 0) is 43.0 Å². The van der Waals surface area contributed by atoms with E-state index in [1.54, 1.807) is 0 Å². The van der Waals surface area contributed by atoms with Crippen molar-refractivity contribution in [2.45, 2.75) is 40.7 Å². The van der Waals surface area contributed by atoms with E-state index in [1.807, 2.05) is 6.33 Å². The summed E-state index contributed by atoms with van der Waals surface area (Å²) in [6.07, 6.45) is 3.18. The molecule has 0 amide bonds. The summed E-state index contributed by atoms with van der Waals surface area (Å²) in [5.74, 6) is 0.707. The lowest BCUT2D eigenvalue weighted by Gasteiger charge is -2.10. The van der Waals surface area contributed by atoms with Crippen LogP contribution in [0.1, 0.15) is 31.4 Å². The first kappa shape index (κ1) is 11.2. The molecule has 1 aromatic carbocycles. The molecule has 1 unspecified atom stereocenters. The van der Waals surface area contributed by atoms with Crippen LogP contribution in [0, 0.1) is 19.8 Å². The molecule has 0 aliphatic carbocycles. The van der Waals surface area contributed by atoms with Crippen LogP contribution in [0.3, 0.4) is 0 Å². The average molecular weight is 216 g/mol. The largest absolute Gasteiger partial charge is 0.330 e. The van der Waals surface area contributed by atoms with Gasteiger partial charge in [0.15, 0.2) is 0 Å². The van der Waals surface area contributed by atoms with Gasteiger partial charge in [-0.3, -0.25) is 0 Å². The van der Waals surface area contributed by atoms with Gasteiger partial charge in [-0.25, -0.2) is 4.98 Å². The standard InChI is InChI=1S/C14H20N2/c1-5-10(2)8-16-9-15-13-6-11(3)12(4)7-14(13)16/h6-7,9-10H,5,8H2,1-4H3. The van der Waals surface area contributed by atoms with Crippen LogP contribution >= 0.6 is 0 Å². The molecule has 2 heteroatoms. The van der Waals surface area contributed by atoms with Crippen molar-refractivity contribution in [3.8, 4) is 0 Å². The smallest absolute Gasteiger partial charge is 0.0958 e. The van der Waals surface area contributed by atoms with E-state index in [0.29, 0.717) is 5.92 Å². The first-order valence-electron chi connectivity index (χ1n) is 6.04. The van der Waals surface area contributed by atoms with E-state index < -0.39 is 0 Å². The van der Waals surface area contributed by atoms with Gasteiger partial charge >= 0.3 is 0 Å². The lowest BCUT2D eigenvalue weighted by atomic mass is 10.1. The molecule has 0 aliphatic heterocycles. The third-order valence-electron chi connectivity index (χ3n) is 3.44. The summed E-state index contributed by atoms with van der Waals surface area (Å²) >= 11 is 0. The zero-order valence-corrected chi connectivity index (χ0v) is 10.6. The van der Waals surface area contributed by atoms with Crippen LogP contribution in [0.15, 0.2) is 18.5 Å². The van der Waals surface area contributed by atoms with Crippen LogP contribution in [-0.2, 0) is 6.54 Å². The van der Waals surface area contributed by atoms with Gasteiger partial charge in [0.25, 0.3) is 0 Å². The minimum absolute atomic E-state index is 0.707. The highest BCUT2D eigenvalue weighted by molar-refractivity contribution is 5.77. The highest BCUT2D eigenvalue weighted by Crippen LogP contribution is 2.19.